The number of aromatic hydroxyl groups is 1. The predicted molar refractivity (Wildman–Crippen MR) is 107 cm³/mol. The van der Waals surface area contributed by atoms with Gasteiger partial charge < -0.3 is 14.8 Å². The minimum atomic E-state index is -3.75. The van der Waals surface area contributed by atoms with E-state index in [1.807, 2.05) is 0 Å². The zero-order valence-electron chi connectivity index (χ0n) is 15.6. The number of nitrogens with zero attached hydrogens (tertiary/aromatic N) is 4. The lowest BCUT2D eigenvalue weighted by atomic mass is 10.2. The van der Waals surface area contributed by atoms with Crippen LogP contribution in [0.25, 0.3) is 10.9 Å². The van der Waals surface area contributed by atoms with Crippen LogP contribution in [0.5, 0.6) is 5.88 Å². The lowest BCUT2D eigenvalue weighted by Crippen LogP contribution is -2.40. The molecule has 1 fully saturated rings. The molecule has 0 amide bonds. The van der Waals surface area contributed by atoms with E-state index in [0.29, 0.717) is 24.1 Å². The first-order valence-corrected chi connectivity index (χ1v) is 10.4. The van der Waals surface area contributed by atoms with Gasteiger partial charge in [-0.15, -0.1) is 10.2 Å². The number of azo groups is 1. The minimum absolute atomic E-state index is 0.00772. The summed E-state index contributed by atoms with van der Waals surface area (Å²) in [6, 6.07) is 10.1. The van der Waals surface area contributed by atoms with E-state index in [1.54, 1.807) is 6.07 Å². The Hall–Kier alpha value is -3.35. The first kappa shape index (κ1) is 19.9. The van der Waals surface area contributed by atoms with E-state index in [4.69, 9.17) is 4.74 Å². The number of hydrogen-bond donors (Lipinski definition) is 2. The Morgan fingerprint density at radius 2 is 1.87 bits per heavy atom. The van der Waals surface area contributed by atoms with Gasteiger partial charge in [-0.05, 0) is 24.3 Å². The molecule has 1 aliphatic heterocycles. The third-order valence-electron chi connectivity index (χ3n) is 4.67. The lowest BCUT2D eigenvalue weighted by molar-refractivity contribution is -0.384. The highest BCUT2D eigenvalue weighted by Gasteiger charge is 2.27. The van der Waals surface area contributed by atoms with Crippen molar-refractivity contribution in [2.45, 2.75) is 4.90 Å². The van der Waals surface area contributed by atoms with Gasteiger partial charge in [0.25, 0.3) is 5.69 Å². The van der Waals surface area contributed by atoms with Gasteiger partial charge in [0.2, 0.25) is 15.9 Å². The lowest BCUT2D eigenvalue weighted by Gasteiger charge is -2.26. The van der Waals surface area contributed by atoms with E-state index in [1.165, 1.54) is 40.7 Å². The Balaban J connectivity index is 1.75. The molecule has 0 spiro atoms. The molecular formula is C18H17N5O6S. The number of fused-ring (bicyclic) bond motifs is 1. The van der Waals surface area contributed by atoms with E-state index in [9.17, 15) is 23.6 Å². The molecule has 3 aromatic rings. The van der Waals surface area contributed by atoms with Crippen LogP contribution in [0, 0.1) is 10.1 Å². The highest BCUT2D eigenvalue weighted by molar-refractivity contribution is 7.89. The summed E-state index contributed by atoms with van der Waals surface area (Å²) >= 11 is 0. The van der Waals surface area contributed by atoms with Crippen LogP contribution >= 0.6 is 0 Å². The molecule has 0 radical (unpaired) electrons. The fourth-order valence-corrected chi connectivity index (χ4v) is 4.58. The molecule has 4 rings (SSSR count). The molecule has 1 saturated heterocycles. The standard InChI is InChI=1S/C18H17N5O6S/c24-18-17(21-20-15-3-1-2-4-16(15)23(25)26)13-11-12(5-6-14(13)19-18)30(27,28)22-7-9-29-10-8-22/h1-6,11,19,24H,7-10H2. The largest absolute Gasteiger partial charge is 0.493 e. The van der Waals surface area contributed by atoms with Crippen molar-refractivity contribution in [1.82, 2.24) is 9.29 Å². The predicted octanol–water partition coefficient (Wildman–Crippen LogP) is 3.22. The van der Waals surface area contributed by atoms with Crippen molar-refractivity contribution in [2.75, 3.05) is 26.3 Å². The maximum Gasteiger partial charge on any atom is 0.296 e. The second-order valence-electron chi connectivity index (χ2n) is 6.49. The van der Waals surface area contributed by atoms with Crippen LogP contribution < -0.4 is 0 Å². The van der Waals surface area contributed by atoms with Gasteiger partial charge in [0.1, 0.15) is 0 Å². The number of aromatic nitrogens is 1. The first-order valence-electron chi connectivity index (χ1n) is 8.95. The number of para-hydroxylation sites is 1. The average molecular weight is 431 g/mol. The molecule has 2 aromatic carbocycles. The number of benzene rings is 2. The van der Waals surface area contributed by atoms with Crippen molar-refractivity contribution in [3.63, 3.8) is 0 Å². The van der Waals surface area contributed by atoms with Gasteiger partial charge >= 0.3 is 0 Å². The fourth-order valence-electron chi connectivity index (χ4n) is 3.15. The molecule has 12 heteroatoms. The number of nitro groups is 1. The molecule has 0 aliphatic carbocycles. The van der Waals surface area contributed by atoms with Crippen molar-refractivity contribution < 1.29 is 23.2 Å². The normalized spacial score (nSPS) is 15.7. The molecule has 0 unspecified atom stereocenters. The second-order valence-corrected chi connectivity index (χ2v) is 8.43. The van der Waals surface area contributed by atoms with Crippen molar-refractivity contribution in [1.29, 1.82) is 0 Å². The van der Waals surface area contributed by atoms with Gasteiger partial charge in [0.15, 0.2) is 11.4 Å². The Labute approximate surface area is 170 Å². The van der Waals surface area contributed by atoms with Gasteiger partial charge in [-0.25, -0.2) is 8.42 Å². The number of H-pyrrole nitrogens is 1. The monoisotopic (exact) mass is 431 g/mol. The van der Waals surface area contributed by atoms with E-state index in [-0.39, 0.29) is 40.9 Å². The van der Waals surface area contributed by atoms with E-state index < -0.39 is 14.9 Å². The summed E-state index contributed by atoms with van der Waals surface area (Å²) in [5, 5.41) is 29.5. The molecule has 0 saturated carbocycles. The summed E-state index contributed by atoms with van der Waals surface area (Å²) < 4.78 is 32.4. The zero-order chi connectivity index (χ0) is 21.3. The number of rotatable bonds is 5. The maximum atomic E-state index is 12.9. The average Bonchev–Trinajstić information content (AvgIpc) is 3.07. The molecule has 0 atom stereocenters. The molecule has 11 nitrogen and oxygen atoms in total. The molecule has 156 valence electrons. The highest BCUT2D eigenvalue weighted by Crippen LogP contribution is 2.38. The quantitative estimate of drug-likeness (QED) is 0.360. The third kappa shape index (κ3) is 3.63. The molecule has 2 heterocycles. The van der Waals surface area contributed by atoms with E-state index in [2.05, 4.69) is 15.2 Å². The van der Waals surface area contributed by atoms with Crippen LogP contribution in [-0.4, -0.2) is 54.0 Å². The van der Waals surface area contributed by atoms with Gasteiger partial charge in [-0.3, -0.25) is 10.1 Å². The summed E-state index contributed by atoms with van der Waals surface area (Å²) in [5.41, 5.74) is 0.205. The third-order valence-corrected chi connectivity index (χ3v) is 6.56. The van der Waals surface area contributed by atoms with Crippen LogP contribution in [0.3, 0.4) is 0 Å². The number of morpholine rings is 1. The van der Waals surface area contributed by atoms with Crippen molar-refractivity contribution in [3.8, 4) is 5.88 Å². The topological polar surface area (TPSA) is 150 Å². The molecule has 0 bridgehead atoms. The van der Waals surface area contributed by atoms with Crippen LogP contribution in [0.4, 0.5) is 17.1 Å². The second kappa shape index (κ2) is 7.82. The van der Waals surface area contributed by atoms with Crippen LogP contribution in [0.15, 0.2) is 57.6 Å². The maximum absolute atomic E-state index is 12.9. The molecule has 1 aromatic heterocycles. The first-order chi connectivity index (χ1) is 14.4. The Morgan fingerprint density at radius 1 is 1.13 bits per heavy atom. The Kier molecular flexibility index (Phi) is 5.20. The Bertz CT molecular complexity index is 1250. The minimum Gasteiger partial charge on any atom is -0.493 e. The summed E-state index contributed by atoms with van der Waals surface area (Å²) in [6.45, 7) is 1.15. The number of hydrogen-bond acceptors (Lipinski definition) is 8. The summed E-state index contributed by atoms with van der Waals surface area (Å²) in [7, 11) is -3.75. The van der Waals surface area contributed by atoms with Gasteiger partial charge in [-0.2, -0.15) is 4.31 Å². The summed E-state index contributed by atoms with van der Waals surface area (Å²) in [4.78, 5) is 13.3. The molecule has 2 N–H and O–H groups in total. The highest BCUT2D eigenvalue weighted by atomic mass is 32.2. The number of nitrogens with one attached hydrogen (secondary N) is 1. The van der Waals surface area contributed by atoms with Gasteiger partial charge in [0.05, 0.1) is 28.5 Å². The number of ether oxygens (including phenoxy) is 1. The van der Waals surface area contributed by atoms with Crippen molar-refractivity contribution in [3.05, 3.63) is 52.6 Å². The van der Waals surface area contributed by atoms with Gasteiger partial charge in [-0.1, -0.05) is 12.1 Å². The summed E-state index contributed by atoms with van der Waals surface area (Å²) in [5.74, 6) is -0.326. The van der Waals surface area contributed by atoms with Gasteiger partial charge in [0, 0.05) is 24.5 Å². The van der Waals surface area contributed by atoms with Crippen molar-refractivity contribution >= 4 is 38.0 Å². The molecular weight excluding hydrogens is 414 g/mol. The SMILES string of the molecule is O=[N+]([O-])c1ccccc1N=Nc1c(O)[nH]c2ccc(S(=O)(=O)N3CCOCC3)cc12. The van der Waals surface area contributed by atoms with E-state index >= 15 is 0 Å². The zero-order valence-corrected chi connectivity index (χ0v) is 16.4. The van der Waals surface area contributed by atoms with Crippen molar-refractivity contribution in [2.24, 2.45) is 10.2 Å². The number of nitro benzene ring substituents is 1. The number of sulfonamides is 1. The summed E-state index contributed by atoms with van der Waals surface area (Å²) in [6.07, 6.45) is 0. The van der Waals surface area contributed by atoms with Crippen LogP contribution in [-0.2, 0) is 14.8 Å². The van der Waals surface area contributed by atoms with Crippen LogP contribution in [0.1, 0.15) is 0 Å². The van der Waals surface area contributed by atoms with Crippen LogP contribution in [0.2, 0.25) is 0 Å². The smallest absolute Gasteiger partial charge is 0.296 e. The fraction of sp³-hybridized carbons (Fsp3) is 0.222. The van der Waals surface area contributed by atoms with E-state index in [0.717, 1.165) is 0 Å². The molecule has 1 aliphatic rings. The molecule has 30 heavy (non-hydrogen) atoms. The number of aromatic amines is 1. The Morgan fingerprint density at radius 3 is 2.60 bits per heavy atom.